The van der Waals surface area contributed by atoms with Gasteiger partial charge in [0.2, 0.25) is 0 Å². The van der Waals surface area contributed by atoms with Crippen molar-refractivity contribution in [3.63, 3.8) is 0 Å². The van der Waals surface area contributed by atoms with Crippen LogP contribution in [0.15, 0.2) is 29.4 Å². The minimum atomic E-state index is -0.134. The molecule has 6 heteroatoms. The molecule has 108 valence electrons. The van der Waals surface area contributed by atoms with Crippen LogP contribution in [-0.4, -0.2) is 54.5 Å². The van der Waals surface area contributed by atoms with Crippen LogP contribution in [0, 0.1) is 0 Å². The largest absolute Gasteiger partial charge is 0.508 e. The third-order valence-electron chi connectivity index (χ3n) is 3.10. The molecule has 0 atom stereocenters. The molecule has 1 heterocycles. The maximum Gasteiger partial charge on any atom is 0.254 e. The van der Waals surface area contributed by atoms with E-state index in [2.05, 4.69) is 10.5 Å². The number of phenols is 1. The van der Waals surface area contributed by atoms with E-state index in [1.807, 2.05) is 4.90 Å². The zero-order chi connectivity index (χ0) is 14.4. The summed E-state index contributed by atoms with van der Waals surface area (Å²) >= 11 is 0. The third kappa shape index (κ3) is 4.32. The van der Waals surface area contributed by atoms with Crippen LogP contribution in [0.2, 0.25) is 0 Å². The van der Waals surface area contributed by atoms with Gasteiger partial charge in [-0.3, -0.25) is 9.69 Å². The fourth-order valence-electron chi connectivity index (χ4n) is 1.91. The Kier molecular flexibility index (Phi) is 5.09. The van der Waals surface area contributed by atoms with Gasteiger partial charge in [-0.15, -0.1) is 0 Å². The predicted octanol–water partition coefficient (Wildman–Crippen LogP) is 0.565. The third-order valence-corrected chi connectivity index (χ3v) is 3.10. The molecule has 0 radical (unpaired) electrons. The molecule has 2 rings (SSSR count). The Balaban J connectivity index is 1.84. The van der Waals surface area contributed by atoms with Gasteiger partial charge in [-0.05, 0) is 36.8 Å². The second-order valence-corrected chi connectivity index (χ2v) is 4.67. The van der Waals surface area contributed by atoms with Crippen LogP contribution in [0.4, 0.5) is 0 Å². The summed E-state index contributed by atoms with van der Waals surface area (Å²) in [5.74, 6) is 0.0722. The van der Waals surface area contributed by atoms with Gasteiger partial charge in [-0.2, -0.15) is 5.10 Å². The van der Waals surface area contributed by atoms with E-state index in [0.717, 1.165) is 18.7 Å². The molecule has 1 saturated heterocycles. The summed E-state index contributed by atoms with van der Waals surface area (Å²) in [6.07, 6.45) is 0. The molecule has 0 saturated carbocycles. The lowest BCUT2D eigenvalue weighted by atomic mass is 10.1. The van der Waals surface area contributed by atoms with Crippen molar-refractivity contribution < 1.29 is 14.6 Å². The summed E-state index contributed by atoms with van der Waals surface area (Å²) in [7, 11) is 0. The van der Waals surface area contributed by atoms with E-state index in [4.69, 9.17) is 4.74 Å². The van der Waals surface area contributed by atoms with Crippen LogP contribution in [-0.2, 0) is 9.53 Å². The van der Waals surface area contributed by atoms with Crippen LogP contribution in [0.3, 0.4) is 0 Å². The summed E-state index contributed by atoms with van der Waals surface area (Å²) < 4.78 is 5.23. The number of nitrogens with zero attached hydrogens (tertiary/aromatic N) is 2. The van der Waals surface area contributed by atoms with Gasteiger partial charge < -0.3 is 9.84 Å². The molecular weight excluding hydrogens is 258 g/mol. The molecule has 1 aromatic carbocycles. The second-order valence-electron chi connectivity index (χ2n) is 4.67. The number of amides is 1. The topological polar surface area (TPSA) is 74.2 Å². The minimum absolute atomic E-state index is 0.134. The minimum Gasteiger partial charge on any atom is -0.508 e. The molecule has 2 N–H and O–H groups in total. The van der Waals surface area contributed by atoms with Gasteiger partial charge in [-0.25, -0.2) is 5.43 Å². The van der Waals surface area contributed by atoms with E-state index in [1.165, 1.54) is 0 Å². The molecule has 0 aliphatic carbocycles. The van der Waals surface area contributed by atoms with Gasteiger partial charge in [0.1, 0.15) is 5.75 Å². The van der Waals surface area contributed by atoms with Crippen molar-refractivity contribution in [2.24, 2.45) is 5.10 Å². The first-order chi connectivity index (χ1) is 9.65. The number of morpholine rings is 1. The fraction of sp³-hybridized carbons (Fsp3) is 0.429. The number of ether oxygens (including phenoxy) is 1. The number of nitrogens with one attached hydrogen (secondary N) is 1. The van der Waals surface area contributed by atoms with Gasteiger partial charge in [-0.1, -0.05) is 0 Å². The molecule has 1 aliphatic heterocycles. The number of hydrogen-bond acceptors (Lipinski definition) is 5. The van der Waals surface area contributed by atoms with E-state index < -0.39 is 0 Å². The first-order valence-corrected chi connectivity index (χ1v) is 6.58. The molecule has 0 spiro atoms. The predicted molar refractivity (Wildman–Crippen MR) is 75.7 cm³/mol. The molecular formula is C14H19N3O3. The Morgan fingerprint density at radius 3 is 2.65 bits per heavy atom. The molecule has 1 aliphatic rings. The summed E-state index contributed by atoms with van der Waals surface area (Å²) in [6.45, 7) is 5.02. The SMILES string of the molecule is C/C(=N/NC(=O)CN1CCOCC1)c1ccc(O)cc1. The number of aromatic hydroxyl groups is 1. The lowest BCUT2D eigenvalue weighted by molar-refractivity contribution is -0.123. The van der Waals surface area contributed by atoms with E-state index >= 15 is 0 Å². The van der Waals surface area contributed by atoms with Crippen molar-refractivity contribution in [1.29, 1.82) is 0 Å². The normalized spacial score (nSPS) is 16.9. The number of phenolic OH excluding ortho intramolecular Hbond substituents is 1. The summed E-state index contributed by atoms with van der Waals surface area (Å²) in [5, 5.41) is 13.3. The molecule has 6 nitrogen and oxygen atoms in total. The van der Waals surface area contributed by atoms with E-state index in [9.17, 15) is 9.90 Å². The standard InChI is InChI=1S/C14H19N3O3/c1-11(12-2-4-13(18)5-3-12)15-16-14(19)10-17-6-8-20-9-7-17/h2-5,18H,6-10H2,1H3,(H,16,19)/b15-11-. The highest BCUT2D eigenvalue weighted by molar-refractivity contribution is 5.99. The maximum atomic E-state index is 11.8. The Morgan fingerprint density at radius 1 is 1.35 bits per heavy atom. The van der Waals surface area contributed by atoms with E-state index in [1.54, 1.807) is 31.2 Å². The first kappa shape index (κ1) is 14.5. The van der Waals surface area contributed by atoms with Crippen molar-refractivity contribution >= 4 is 11.6 Å². The maximum absolute atomic E-state index is 11.8. The zero-order valence-corrected chi connectivity index (χ0v) is 11.5. The van der Waals surface area contributed by atoms with E-state index in [0.29, 0.717) is 25.5 Å². The van der Waals surface area contributed by atoms with Crippen LogP contribution in [0.1, 0.15) is 12.5 Å². The quantitative estimate of drug-likeness (QED) is 0.623. The van der Waals surface area contributed by atoms with Gasteiger partial charge in [0.25, 0.3) is 5.91 Å². The highest BCUT2D eigenvalue weighted by Crippen LogP contribution is 2.10. The van der Waals surface area contributed by atoms with Crippen molar-refractivity contribution in [2.75, 3.05) is 32.8 Å². The number of carbonyl (C=O) groups excluding carboxylic acids is 1. The van der Waals surface area contributed by atoms with Crippen LogP contribution < -0.4 is 5.43 Å². The second kappa shape index (κ2) is 7.02. The lowest BCUT2D eigenvalue weighted by Crippen LogP contribution is -2.42. The highest BCUT2D eigenvalue weighted by Gasteiger charge is 2.13. The average molecular weight is 277 g/mol. The molecule has 0 aromatic heterocycles. The summed E-state index contributed by atoms with van der Waals surface area (Å²) in [4.78, 5) is 13.8. The van der Waals surface area contributed by atoms with Gasteiger partial charge in [0, 0.05) is 13.1 Å². The lowest BCUT2D eigenvalue weighted by Gasteiger charge is -2.25. The molecule has 1 amide bonds. The van der Waals surface area contributed by atoms with Crippen molar-refractivity contribution in [1.82, 2.24) is 10.3 Å². The van der Waals surface area contributed by atoms with E-state index in [-0.39, 0.29) is 11.7 Å². The van der Waals surface area contributed by atoms with Crippen molar-refractivity contribution in [3.05, 3.63) is 29.8 Å². The van der Waals surface area contributed by atoms with Crippen LogP contribution in [0.5, 0.6) is 5.75 Å². The monoisotopic (exact) mass is 277 g/mol. The smallest absolute Gasteiger partial charge is 0.254 e. The summed E-state index contributed by atoms with van der Waals surface area (Å²) in [6, 6.07) is 6.68. The molecule has 20 heavy (non-hydrogen) atoms. The fourth-order valence-corrected chi connectivity index (χ4v) is 1.91. The Hall–Kier alpha value is -1.92. The Labute approximate surface area is 118 Å². The number of carbonyl (C=O) groups is 1. The number of hydrogen-bond donors (Lipinski definition) is 2. The average Bonchev–Trinajstić information content (AvgIpc) is 2.46. The van der Waals surface area contributed by atoms with Gasteiger partial charge >= 0.3 is 0 Å². The zero-order valence-electron chi connectivity index (χ0n) is 11.5. The molecule has 1 fully saturated rings. The summed E-state index contributed by atoms with van der Waals surface area (Å²) in [5.41, 5.74) is 4.10. The molecule has 0 bridgehead atoms. The number of rotatable bonds is 4. The van der Waals surface area contributed by atoms with Gasteiger partial charge in [0.15, 0.2) is 0 Å². The number of benzene rings is 1. The van der Waals surface area contributed by atoms with Gasteiger partial charge in [0.05, 0.1) is 25.5 Å². The Morgan fingerprint density at radius 2 is 2.00 bits per heavy atom. The van der Waals surface area contributed by atoms with Crippen LogP contribution in [0.25, 0.3) is 0 Å². The molecule has 0 unspecified atom stereocenters. The number of hydrazone groups is 1. The first-order valence-electron chi connectivity index (χ1n) is 6.58. The van der Waals surface area contributed by atoms with Crippen molar-refractivity contribution in [3.8, 4) is 5.75 Å². The van der Waals surface area contributed by atoms with Crippen molar-refractivity contribution in [2.45, 2.75) is 6.92 Å². The molecule has 1 aromatic rings. The Bertz CT molecular complexity index is 479. The van der Waals surface area contributed by atoms with Crippen LogP contribution >= 0.6 is 0 Å². The highest BCUT2D eigenvalue weighted by atomic mass is 16.5.